The van der Waals surface area contributed by atoms with E-state index in [4.69, 9.17) is 18.9 Å². The molecule has 2 aromatic carbocycles. The van der Waals surface area contributed by atoms with Crippen LogP contribution in [0.2, 0.25) is 0 Å². The summed E-state index contributed by atoms with van der Waals surface area (Å²) in [7, 11) is 5.84. The van der Waals surface area contributed by atoms with Crippen LogP contribution in [0.1, 0.15) is 25.0 Å². The number of carbonyl (C=O) groups excluding carboxylic acids is 2. The van der Waals surface area contributed by atoms with Crippen LogP contribution in [0.5, 0.6) is 17.2 Å². The van der Waals surface area contributed by atoms with Crippen molar-refractivity contribution >= 4 is 23.6 Å². The molecule has 0 bridgehead atoms. The fraction of sp³-hybridized carbons (Fsp3) is 0.280. The predicted molar refractivity (Wildman–Crippen MR) is 122 cm³/mol. The third-order valence-electron chi connectivity index (χ3n) is 5.39. The Bertz CT molecular complexity index is 1070. The molecule has 1 aliphatic rings. The van der Waals surface area contributed by atoms with E-state index in [1.165, 1.54) is 33.3 Å². The third kappa shape index (κ3) is 4.06. The molecular weight excluding hydrogens is 410 g/mol. The van der Waals surface area contributed by atoms with E-state index in [1.807, 2.05) is 24.3 Å². The van der Waals surface area contributed by atoms with Crippen molar-refractivity contribution < 1.29 is 28.5 Å². The minimum atomic E-state index is -0.581. The molecule has 0 aliphatic carbocycles. The zero-order chi connectivity index (χ0) is 23.4. The van der Waals surface area contributed by atoms with E-state index in [0.29, 0.717) is 34.2 Å². The lowest BCUT2D eigenvalue weighted by Gasteiger charge is -2.18. The Morgan fingerprint density at radius 2 is 1.56 bits per heavy atom. The molecule has 7 nitrogen and oxygen atoms in total. The van der Waals surface area contributed by atoms with Crippen molar-refractivity contribution in [2.24, 2.45) is 0 Å². The van der Waals surface area contributed by atoms with E-state index >= 15 is 0 Å². The van der Waals surface area contributed by atoms with Gasteiger partial charge in [-0.25, -0.2) is 4.79 Å². The second kappa shape index (κ2) is 9.60. The molecule has 0 saturated carbocycles. The maximum atomic E-state index is 13.5. The Labute approximate surface area is 187 Å². The Morgan fingerprint density at radius 3 is 2.03 bits per heavy atom. The number of amides is 1. The normalized spacial score (nSPS) is 14.8. The summed E-state index contributed by atoms with van der Waals surface area (Å²) in [6.07, 6.45) is 2.52. The summed E-state index contributed by atoms with van der Waals surface area (Å²) in [5.41, 5.74) is 3.39. The number of ether oxygens (including phenoxy) is 4. The highest BCUT2D eigenvalue weighted by atomic mass is 16.5. The monoisotopic (exact) mass is 437 g/mol. The van der Waals surface area contributed by atoms with Crippen LogP contribution in [0.4, 0.5) is 5.69 Å². The van der Waals surface area contributed by atoms with Crippen molar-refractivity contribution in [2.75, 3.05) is 33.3 Å². The number of hydrogen-bond acceptors (Lipinski definition) is 6. The molecule has 0 spiro atoms. The summed E-state index contributed by atoms with van der Waals surface area (Å²) in [5, 5.41) is 0. The van der Waals surface area contributed by atoms with Gasteiger partial charge in [0.05, 0.1) is 39.6 Å². The lowest BCUT2D eigenvalue weighted by Crippen LogP contribution is -2.24. The Kier molecular flexibility index (Phi) is 6.88. The molecule has 0 saturated heterocycles. The highest BCUT2D eigenvalue weighted by Crippen LogP contribution is 2.40. The minimum absolute atomic E-state index is 0.214. The van der Waals surface area contributed by atoms with E-state index in [9.17, 15) is 9.59 Å². The molecule has 1 aliphatic heterocycles. The van der Waals surface area contributed by atoms with Crippen LogP contribution in [-0.4, -0.2) is 40.3 Å². The highest BCUT2D eigenvalue weighted by molar-refractivity contribution is 6.23. The standard InChI is InChI=1S/C25H27NO6/c1-7-16-8-10-18(11-9-16)26-15(2)22(25(28)32-6)19(24(26)27)12-17-13-20(29-3)23(31-5)21(14-17)30-4/h8-14H,7H2,1-6H3/b19-12-. The van der Waals surface area contributed by atoms with Crippen molar-refractivity contribution in [3.05, 3.63) is 64.4 Å². The van der Waals surface area contributed by atoms with Crippen LogP contribution < -0.4 is 19.1 Å². The molecule has 2 aromatic rings. The first-order valence-corrected chi connectivity index (χ1v) is 10.1. The first-order chi connectivity index (χ1) is 15.4. The van der Waals surface area contributed by atoms with Gasteiger partial charge >= 0.3 is 5.97 Å². The summed E-state index contributed by atoms with van der Waals surface area (Å²) >= 11 is 0. The average molecular weight is 437 g/mol. The first kappa shape index (κ1) is 22.9. The Morgan fingerprint density at radius 1 is 0.969 bits per heavy atom. The van der Waals surface area contributed by atoms with Crippen molar-refractivity contribution in [3.63, 3.8) is 0 Å². The molecule has 32 heavy (non-hydrogen) atoms. The minimum Gasteiger partial charge on any atom is -0.493 e. The summed E-state index contributed by atoms with van der Waals surface area (Å²) in [5.74, 6) is 0.420. The van der Waals surface area contributed by atoms with Crippen LogP contribution in [0.3, 0.4) is 0 Å². The van der Waals surface area contributed by atoms with E-state index in [0.717, 1.165) is 12.0 Å². The van der Waals surface area contributed by atoms with Gasteiger partial charge in [-0.05, 0) is 54.8 Å². The molecule has 3 rings (SSSR count). The molecule has 7 heteroatoms. The largest absolute Gasteiger partial charge is 0.493 e. The smallest absolute Gasteiger partial charge is 0.340 e. The number of methoxy groups -OCH3 is 4. The van der Waals surface area contributed by atoms with Gasteiger partial charge in [-0.1, -0.05) is 19.1 Å². The third-order valence-corrected chi connectivity index (χ3v) is 5.39. The zero-order valence-corrected chi connectivity index (χ0v) is 19.1. The van der Waals surface area contributed by atoms with Crippen LogP contribution in [-0.2, 0) is 20.7 Å². The fourth-order valence-corrected chi connectivity index (χ4v) is 3.72. The molecule has 1 amide bonds. The number of allylic oxidation sites excluding steroid dienone is 1. The molecule has 0 N–H and O–H groups in total. The van der Waals surface area contributed by atoms with Gasteiger partial charge in [0.15, 0.2) is 11.5 Å². The van der Waals surface area contributed by atoms with Gasteiger partial charge < -0.3 is 18.9 Å². The highest BCUT2D eigenvalue weighted by Gasteiger charge is 2.38. The zero-order valence-electron chi connectivity index (χ0n) is 19.1. The van der Waals surface area contributed by atoms with Crippen molar-refractivity contribution in [1.82, 2.24) is 0 Å². The number of nitrogens with zero attached hydrogens (tertiary/aromatic N) is 1. The second-order valence-corrected chi connectivity index (χ2v) is 7.13. The average Bonchev–Trinajstić information content (AvgIpc) is 3.06. The Balaban J connectivity index is 2.15. The number of esters is 1. The number of hydrogen-bond donors (Lipinski definition) is 0. The maximum Gasteiger partial charge on any atom is 0.340 e. The molecule has 168 valence electrons. The summed E-state index contributed by atoms with van der Waals surface area (Å²) in [4.78, 5) is 27.6. The molecule has 0 fully saturated rings. The van der Waals surface area contributed by atoms with Crippen molar-refractivity contribution in [2.45, 2.75) is 20.3 Å². The quantitative estimate of drug-likeness (QED) is 0.479. The van der Waals surface area contributed by atoms with Gasteiger partial charge in [-0.3, -0.25) is 9.69 Å². The van der Waals surface area contributed by atoms with Crippen LogP contribution in [0.15, 0.2) is 53.2 Å². The SMILES string of the molecule is CCc1ccc(N2C(=O)/C(=C\c3cc(OC)c(OC)c(OC)c3)C(C(=O)OC)=C2C)cc1. The number of anilines is 1. The van der Waals surface area contributed by atoms with Gasteiger partial charge in [-0.15, -0.1) is 0 Å². The van der Waals surface area contributed by atoms with E-state index < -0.39 is 5.97 Å². The van der Waals surface area contributed by atoms with E-state index in [2.05, 4.69) is 6.92 Å². The van der Waals surface area contributed by atoms with Gasteiger partial charge in [0.2, 0.25) is 5.75 Å². The lowest BCUT2D eigenvalue weighted by molar-refractivity contribution is -0.136. The number of benzene rings is 2. The lowest BCUT2D eigenvalue weighted by atomic mass is 10.0. The van der Waals surface area contributed by atoms with Crippen LogP contribution in [0, 0.1) is 0 Å². The molecule has 0 unspecified atom stereocenters. The van der Waals surface area contributed by atoms with Crippen molar-refractivity contribution in [3.8, 4) is 17.2 Å². The Hall–Kier alpha value is -3.74. The number of rotatable bonds is 7. The maximum absolute atomic E-state index is 13.5. The van der Waals surface area contributed by atoms with Gasteiger partial charge in [0.1, 0.15) is 0 Å². The van der Waals surface area contributed by atoms with Gasteiger partial charge in [-0.2, -0.15) is 0 Å². The fourth-order valence-electron chi connectivity index (χ4n) is 3.72. The molecule has 0 atom stereocenters. The van der Waals surface area contributed by atoms with Crippen LogP contribution in [0.25, 0.3) is 6.08 Å². The predicted octanol–water partition coefficient (Wildman–Crippen LogP) is 4.15. The topological polar surface area (TPSA) is 74.3 Å². The second-order valence-electron chi connectivity index (χ2n) is 7.13. The summed E-state index contributed by atoms with van der Waals surface area (Å²) < 4.78 is 21.2. The molecule has 1 heterocycles. The van der Waals surface area contributed by atoms with E-state index in [1.54, 1.807) is 25.1 Å². The molecule has 0 radical (unpaired) electrons. The summed E-state index contributed by atoms with van der Waals surface area (Å²) in [6, 6.07) is 11.1. The molecular formula is C25H27NO6. The molecule has 0 aromatic heterocycles. The van der Waals surface area contributed by atoms with Crippen LogP contribution >= 0.6 is 0 Å². The summed E-state index contributed by atoms with van der Waals surface area (Å²) in [6.45, 7) is 3.79. The number of aryl methyl sites for hydroxylation is 1. The van der Waals surface area contributed by atoms with E-state index in [-0.39, 0.29) is 17.1 Å². The van der Waals surface area contributed by atoms with Crippen molar-refractivity contribution in [1.29, 1.82) is 0 Å². The van der Waals surface area contributed by atoms with Gasteiger partial charge in [0, 0.05) is 11.4 Å². The number of carbonyl (C=O) groups is 2. The van der Waals surface area contributed by atoms with Gasteiger partial charge in [0.25, 0.3) is 5.91 Å². The first-order valence-electron chi connectivity index (χ1n) is 10.1.